The number of amides is 1. The summed E-state index contributed by atoms with van der Waals surface area (Å²) < 4.78 is 5.94. The highest BCUT2D eigenvalue weighted by Crippen LogP contribution is 2.27. The standard InChI is InChI=1S/C22H20N2O2/c1-3-20-17(16-9-5-7-11-21(16)26-20)14-24(2)22(25)19-13-12-15-8-4-6-10-18(15)23-19/h4-13H,3,14H2,1-2H3. The molecular weight excluding hydrogens is 324 g/mol. The quantitative estimate of drug-likeness (QED) is 0.533. The Labute approximate surface area is 152 Å². The molecule has 0 N–H and O–H groups in total. The number of nitrogens with zero attached hydrogens (tertiary/aromatic N) is 2. The molecule has 0 saturated carbocycles. The van der Waals surface area contributed by atoms with Gasteiger partial charge in [-0.2, -0.15) is 0 Å². The van der Waals surface area contributed by atoms with Gasteiger partial charge >= 0.3 is 0 Å². The summed E-state index contributed by atoms with van der Waals surface area (Å²) in [5, 5.41) is 2.09. The lowest BCUT2D eigenvalue weighted by Gasteiger charge is -2.17. The maximum atomic E-state index is 12.9. The van der Waals surface area contributed by atoms with Crippen molar-refractivity contribution in [2.24, 2.45) is 0 Å². The number of carbonyl (C=O) groups excluding carboxylic acids is 1. The molecule has 0 radical (unpaired) electrons. The van der Waals surface area contributed by atoms with E-state index < -0.39 is 0 Å². The van der Waals surface area contributed by atoms with Gasteiger partial charge < -0.3 is 9.32 Å². The van der Waals surface area contributed by atoms with Crippen LogP contribution < -0.4 is 0 Å². The number of pyridine rings is 1. The second-order valence-corrected chi connectivity index (χ2v) is 6.40. The first kappa shape index (κ1) is 16.3. The van der Waals surface area contributed by atoms with Crippen LogP contribution in [-0.4, -0.2) is 22.8 Å². The summed E-state index contributed by atoms with van der Waals surface area (Å²) in [5.74, 6) is 0.834. The average molecular weight is 344 g/mol. The zero-order valence-electron chi connectivity index (χ0n) is 14.9. The van der Waals surface area contributed by atoms with Crippen LogP contribution in [0.4, 0.5) is 0 Å². The molecular formula is C22H20N2O2. The molecule has 0 bridgehead atoms. The molecule has 4 nitrogen and oxygen atoms in total. The molecule has 0 unspecified atom stereocenters. The number of rotatable bonds is 4. The highest BCUT2D eigenvalue weighted by atomic mass is 16.3. The maximum absolute atomic E-state index is 12.9. The topological polar surface area (TPSA) is 46.3 Å². The third kappa shape index (κ3) is 2.84. The maximum Gasteiger partial charge on any atom is 0.272 e. The first-order chi connectivity index (χ1) is 12.7. The zero-order chi connectivity index (χ0) is 18.1. The van der Waals surface area contributed by atoms with Gasteiger partial charge in [-0.05, 0) is 18.2 Å². The van der Waals surface area contributed by atoms with Gasteiger partial charge in [0.05, 0.1) is 5.52 Å². The van der Waals surface area contributed by atoms with Crippen LogP contribution >= 0.6 is 0 Å². The summed E-state index contributed by atoms with van der Waals surface area (Å²) in [4.78, 5) is 19.1. The predicted octanol–water partition coefficient (Wildman–Crippen LogP) is 4.82. The molecule has 2 aromatic heterocycles. The Hall–Kier alpha value is -3.14. The molecule has 0 aliphatic rings. The summed E-state index contributed by atoms with van der Waals surface area (Å²) in [6, 6.07) is 19.5. The van der Waals surface area contributed by atoms with Crippen LogP contribution in [0.3, 0.4) is 0 Å². The van der Waals surface area contributed by atoms with Crippen molar-refractivity contribution in [1.82, 2.24) is 9.88 Å². The van der Waals surface area contributed by atoms with Crippen molar-refractivity contribution < 1.29 is 9.21 Å². The van der Waals surface area contributed by atoms with Crippen molar-refractivity contribution in [3.8, 4) is 0 Å². The number of hydrogen-bond donors (Lipinski definition) is 0. The third-order valence-electron chi connectivity index (χ3n) is 4.66. The van der Waals surface area contributed by atoms with Crippen molar-refractivity contribution in [3.63, 3.8) is 0 Å². The van der Waals surface area contributed by atoms with Crippen molar-refractivity contribution >= 4 is 27.8 Å². The number of fused-ring (bicyclic) bond motifs is 2. The largest absolute Gasteiger partial charge is 0.461 e. The van der Waals surface area contributed by atoms with Crippen LogP contribution in [-0.2, 0) is 13.0 Å². The highest BCUT2D eigenvalue weighted by Gasteiger charge is 2.19. The van der Waals surface area contributed by atoms with E-state index in [2.05, 4.69) is 11.9 Å². The van der Waals surface area contributed by atoms with Crippen LogP contribution in [0.2, 0.25) is 0 Å². The van der Waals surface area contributed by atoms with E-state index in [4.69, 9.17) is 4.42 Å². The predicted molar refractivity (Wildman–Crippen MR) is 103 cm³/mol. The fraction of sp³-hybridized carbons (Fsp3) is 0.182. The van der Waals surface area contributed by atoms with E-state index in [0.717, 1.165) is 39.6 Å². The highest BCUT2D eigenvalue weighted by molar-refractivity contribution is 5.95. The Kier molecular flexibility index (Phi) is 4.17. The summed E-state index contributed by atoms with van der Waals surface area (Å²) in [6.45, 7) is 2.56. The second kappa shape index (κ2) is 6.64. The number of para-hydroxylation sites is 2. The zero-order valence-corrected chi connectivity index (χ0v) is 14.9. The molecule has 0 aliphatic heterocycles. The second-order valence-electron chi connectivity index (χ2n) is 6.40. The number of furan rings is 1. The lowest BCUT2D eigenvalue weighted by Crippen LogP contribution is -2.27. The van der Waals surface area contributed by atoms with E-state index in [1.165, 1.54) is 0 Å². The van der Waals surface area contributed by atoms with Crippen molar-refractivity contribution in [1.29, 1.82) is 0 Å². The summed E-state index contributed by atoms with van der Waals surface area (Å²) in [5.41, 5.74) is 3.22. The van der Waals surface area contributed by atoms with Crippen LogP contribution in [0.5, 0.6) is 0 Å². The lowest BCUT2D eigenvalue weighted by atomic mass is 10.1. The van der Waals surface area contributed by atoms with Crippen LogP contribution in [0.15, 0.2) is 65.1 Å². The van der Waals surface area contributed by atoms with Gasteiger partial charge in [0.1, 0.15) is 17.0 Å². The molecule has 4 rings (SSSR count). The van der Waals surface area contributed by atoms with Gasteiger partial charge in [0.25, 0.3) is 5.91 Å². The van der Waals surface area contributed by atoms with Gasteiger partial charge in [0.2, 0.25) is 0 Å². The molecule has 130 valence electrons. The van der Waals surface area contributed by atoms with E-state index >= 15 is 0 Å². The van der Waals surface area contributed by atoms with Crippen LogP contribution in [0.25, 0.3) is 21.9 Å². The number of aryl methyl sites for hydroxylation is 1. The summed E-state index contributed by atoms with van der Waals surface area (Å²) in [7, 11) is 1.81. The van der Waals surface area contributed by atoms with Crippen LogP contribution in [0, 0.1) is 0 Å². The normalized spacial score (nSPS) is 11.2. The Morgan fingerprint density at radius 3 is 2.65 bits per heavy atom. The lowest BCUT2D eigenvalue weighted by molar-refractivity contribution is 0.0779. The molecule has 2 heterocycles. The minimum Gasteiger partial charge on any atom is -0.461 e. The van der Waals surface area contributed by atoms with E-state index in [1.807, 2.05) is 54.6 Å². The third-order valence-corrected chi connectivity index (χ3v) is 4.66. The van der Waals surface area contributed by atoms with Gasteiger partial charge in [-0.25, -0.2) is 4.98 Å². The van der Waals surface area contributed by atoms with E-state index in [1.54, 1.807) is 18.0 Å². The van der Waals surface area contributed by atoms with Gasteiger partial charge in [-0.3, -0.25) is 4.79 Å². The number of carbonyl (C=O) groups is 1. The molecule has 26 heavy (non-hydrogen) atoms. The molecule has 2 aromatic carbocycles. The molecule has 0 spiro atoms. The fourth-order valence-electron chi connectivity index (χ4n) is 3.30. The molecule has 4 heteroatoms. The summed E-state index contributed by atoms with van der Waals surface area (Å²) >= 11 is 0. The van der Waals surface area contributed by atoms with E-state index in [0.29, 0.717) is 12.2 Å². The van der Waals surface area contributed by atoms with Crippen molar-refractivity contribution in [2.45, 2.75) is 19.9 Å². The number of aromatic nitrogens is 1. The van der Waals surface area contributed by atoms with Gasteiger partial charge in [-0.1, -0.05) is 49.4 Å². The Morgan fingerprint density at radius 1 is 1.04 bits per heavy atom. The molecule has 0 fully saturated rings. The van der Waals surface area contributed by atoms with Crippen molar-refractivity contribution in [2.75, 3.05) is 7.05 Å². The molecule has 1 amide bonds. The number of hydrogen-bond acceptors (Lipinski definition) is 3. The smallest absolute Gasteiger partial charge is 0.272 e. The van der Waals surface area contributed by atoms with Crippen LogP contribution in [0.1, 0.15) is 28.7 Å². The Balaban J connectivity index is 1.65. The number of benzene rings is 2. The minimum absolute atomic E-state index is 0.0944. The average Bonchev–Trinajstić information content (AvgIpc) is 3.04. The van der Waals surface area contributed by atoms with Gasteiger partial charge in [-0.15, -0.1) is 0 Å². The fourth-order valence-corrected chi connectivity index (χ4v) is 3.30. The van der Waals surface area contributed by atoms with E-state index in [9.17, 15) is 4.79 Å². The Bertz CT molecular complexity index is 1100. The first-order valence-electron chi connectivity index (χ1n) is 8.78. The Morgan fingerprint density at radius 2 is 1.81 bits per heavy atom. The monoisotopic (exact) mass is 344 g/mol. The minimum atomic E-state index is -0.0944. The van der Waals surface area contributed by atoms with E-state index in [-0.39, 0.29) is 5.91 Å². The van der Waals surface area contributed by atoms with Crippen molar-refractivity contribution in [3.05, 3.63) is 77.7 Å². The summed E-state index contributed by atoms with van der Waals surface area (Å²) in [6.07, 6.45) is 0.792. The first-order valence-corrected chi connectivity index (χ1v) is 8.78. The molecule has 0 saturated heterocycles. The molecule has 4 aromatic rings. The molecule has 0 atom stereocenters. The molecule has 0 aliphatic carbocycles. The SMILES string of the molecule is CCc1oc2ccccc2c1CN(C)C(=O)c1ccc2ccccc2n1. The van der Waals surface area contributed by atoms with Gasteiger partial charge in [0.15, 0.2) is 0 Å². The van der Waals surface area contributed by atoms with Gasteiger partial charge in [0, 0.05) is 36.3 Å².